The Morgan fingerprint density at radius 2 is 1.63 bits per heavy atom. The molecule has 2 aliphatic rings. The fraction of sp³-hybridized carbons (Fsp3) is 0.333. The van der Waals surface area contributed by atoms with Gasteiger partial charge in [0, 0.05) is 42.4 Å². The minimum Gasteiger partial charge on any atom is -0.444 e. The molecule has 10 nitrogen and oxygen atoms in total. The molecule has 0 fully saturated rings. The summed E-state index contributed by atoms with van der Waals surface area (Å²) in [5, 5.41) is 13.7. The number of carbonyl (C=O) groups excluding carboxylic acids is 3. The molecule has 46 heavy (non-hydrogen) atoms. The molecule has 0 atom stereocenters. The van der Waals surface area contributed by atoms with Crippen molar-refractivity contribution in [2.24, 2.45) is 0 Å². The van der Waals surface area contributed by atoms with Crippen molar-refractivity contribution in [3.63, 3.8) is 0 Å². The topological polar surface area (TPSA) is 118 Å². The van der Waals surface area contributed by atoms with Gasteiger partial charge in [-0.3, -0.25) is 10.1 Å². The molecule has 3 heterocycles. The maximum Gasteiger partial charge on any atom is 0.410 e. The zero-order valence-corrected chi connectivity index (χ0v) is 27.2. The van der Waals surface area contributed by atoms with Crippen LogP contribution in [0.15, 0.2) is 66.7 Å². The van der Waals surface area contributed by atoms with E-state index in [9.17, 15) is 14.4 Å². The van der Waals surface area contributed by atoms with Crippen LogP contribution < -0.4 is 16.0 Å². The zero-order valence-electron chi connectivity index (χ0n) is 27.2. The van der Waals surface area contributed by atoms with Gasteiger partial charge in [0.2, 0.25) is 0 Å². The van der Waals surface area contributed by atoms with Gasteiger partial charge in [-0.15, -0.1) is 0 Å². The number of aromatic nitrogens is 2. The highest BCUT2D eigenvalue weighted by Crippen LogP contribution is 2.31. The molecule has 4 amide bonds. The Morgan fingerprint density at radius 3 is 2.35 bits per heavy atom. The van der Waals surface area contributed by atoms with Crippen molar-refractivity contribution in [1.82, 2.24) is 20.0 Å². The van der Waals surface area contributed by atoms with E-state index < -0.39 is 11.6 Å². The summed E-state index contributed by atoms with van der Waals surface area (Å²) in [4.78, 5) is 39.7. The number of ether oxygens (including phenoxy) is 1. The first kappa shape index (κ1) is 30.9. The van der Waals surface area contributed by atoms with E-state index in [1.54, 1.807) is 9.58 Å². The van der Waals surface area contributed by atoms with Crippen molar-refractivity contribution in [3.05, 3.63) is 94.7 Å². The van der Waals surface area contributed by atoms with E-state index >= 15 is 0 Å². The Balaban J connectivity index is 1.19. The van der Waals surface area contributed by atoms with Gasteiger partial charge in [0.05, 0.1) is 11.4 Å². The van der Waals surface area contributed by atoms with Crippen LogP contribution in [0.3, 0.4) is 0 Å². The van der Waals surface area contributed by atoms with Crippen molar-refractivity contribution in [2.45, 2.75) is 72.1 Å². The average molecular weight is 621 g/mol. The highest BCUT2D eigenvalue weighted by Gasteiger charge is 2.27. The molecule has 0 radical (unpaired) electrons. The van der Waals surface area contributed by atoms with E-state index in [1.165, 1.54) is 0 Å². The van der Waals surface area contributed by atoms with Gasteiger partial charge in [-0.2, -0.15) is 5.10 Å². The molecule has 1 aromatic heterocycles. The number of urea groups is 1. The number of nitrogens with one attached hydrogen (secondary N) is 3. The van der Waals surface area contributed by atoms with E-state index in [2.05, 4.69) is 42.8 Å². The standard InChI is InChI=1S/C36H40N6O4/c1-35(2,3)30-19-31(42(40-30)26-15-12-24-21-41(17-16-23(24)18-26)34(45)46-36(4,5)6)39-33(44)38-25-13-10-22(11-14-25)27-8-7-9-28-29(27)20-37-32(28)43/h7-15,18-19H,16-17,20-21H2,1-6H3,(H,37,43)(H2,38,39,44). The lowest BCUT2D eigenvalue weighted by Crippen LogP contribution is -2.39. The van der Waals surface area contributed by atoms with E-state index in [-0.39, 0.29) is 17.4 Å². The highest BCUT2D eigenvalue weighted by atomic mass is 16.6. The third kappa shape index (κ3) is 6.47. The van der Waals surface area contributed by atoms with Gasteiger partial charge in [0.15, 0.2) is 0 Å². The van der Waals surface area contributed by atoms with Crippen LogP contribution >= 0.6 is 0 Å². The SMILES string of the molecule is CC(C)(C)OC(=O)N1CCc2cc(-n3nc(C(C)(C)C)cc3NC(=O)Nc3ccc(-c4cccc5c4CNC5=O)cc3)ccc2C1. The minimum absolute atomic E-state index is 0.0547. The smallest absolute Gasteiger partial charge is 0.410 e. The molecule has 3 N–H and O–H groups in total. The van der Waals surface area contributed by atoms with Crippen LogP contribution in [-0.4, -0.2) is 44.9 Å². The van der Waals surface area contributed by atoms with Gasteiger partial charge in [0.25, 0.3) is 5.91 Å². The Hall–Kier alpha value is -5.12. The van der Waals surface area contributed by atoms with Crippen LogP contribution in [0.2, 0.25) is 0 Å². The summed E-state index contributed by atoms with van der Waals surface area (Å²) in [5.74, 6) is 0.489. The number of hydrogen-bond donors (Lipinski definition) is 3. The number of hydrogen-bond acceptors (Lipinski definition) is 5. The second-order valence-electron chi connectivity index (χ2n) is 13.9. The van der Waals surface area contributed by atoms with Crippen LogP contribution in [0.5, 0.6) is 0 Å². The average Bonchev–Trinajstić information content (AvgIpc) is 3.60. The molecule has 0 aliphatic carbocycles. The third-order valence-electron chi connectivity index (χ3n) is 8.12. The molecule has 2 aliphatic heterocycles. The van der Waals surface area contributed by atoms with Crippen molar-refractivity contribution in [3.8, 4) is 16.8 Å². The van der Waals surface area contributed by atoms with Gasteiger partial charge in [-0.25, -0.2) is 14.3 Å². The molecule has 238 valence electrons. The Bertz CT molecular complexity index is 1830. The summed E-state index contributed by atoms with van der Waals surface area (Å²) in [6, 6.07) is 20.8. The van der Waals surface area contributed by atoms with Crippen LogP contribution in [0.4, 0.5) is 21.1 Å². The van der Waals surface area contributed by atoms with Crippen LogP contribution in [0, 0.1) is 0 Å². The second kappa shape index (κ2) is 11.7. The van der Waals surface area contributed by atoms with Crippen molar-refractivity contribution in [2.75, 3.05) is 17.2 Å². The fourth-order valence-corrected chi connectivity index (χ4v) is 5.72. The first-order valence-corrected chi connectivity index (χ1v) is 15.5. The summed E-state index contributed by atoms with van der Waals surface area (Å²) in [6.07, 6.45) is 0.377. The van der Waals surface area contributed by atoms with E-state index in [1.807, 2.05) is 81.4 Å². The summed E-state index contributed by atoms with van der Waals surface area (Å²) in [7, 11) is 0. The third-order valence-corrected chi connectivity index (χ3v) is 8.12. The van der Waals surface area contributed by atoms with Gasteiger partial charge in [-0.05, 0) is 85.3 Å². The van der Waals surface area contributed by atoms with Gasteiger partial charge < -0.3 is 20.3 Å². The lowest BCUT2D eigenvalue weighted by molar-refractivity contribution is 0.0224. The zero-order chi connectivity index (χ0) is 32.8. The summed E-state index contributed by atoms with van der Waals surface area (Å²) < 4.78 is 7.33. The van der Waals surface area contributed by atoms with Gasteiger partial charge in [0.1, 0.15) is 11.4 Å². The highest BCUT2D eigenvalue weighted by molar-refractivity contribution is 6.01. The molecular weight excluding hydrogens is 580 g/mol. The quantitative estimate of drug-likeness (QED) is 0.227. The van der Waals surface area contributed by atoms with Crippen LogP contribution in [0.25, 0.3) is 16.8 Å². The second-order valence-corrected chi connectivity index (χ2v) is 13.9. The molecule has 10 heteroatoms. The molecule has 0 unspecified atom stereocenters. The normalized spacial score (nSPS) is 14.3. The number of nitrogens with zero attached hydrogens (tertiary/aromatic N) is 3. The van der Waals surface area contributed by atoms with Crippen molar-refractivity contribution in [1.29, 1.82) is 0 Å². The first-order chi connectivity index (χ1) is 21.7. The molecule has 0 bridgehead atoms. The molecular formula is C36H40N6O4. The Labute approximate surface area is 269 Å². The van der Waals surface area contributed by atoms with E-state index in [0.717, 1.165) is 39.2 Å². The van der Waals surface area contributed by atoms with E-state index in [0.29, 0.717) is 43.1 Å². The number of rotatable bonds is 4. The summed E-state index contributed by atoms with van der Waals surface area (Å²) >= 11 is 0. The van der Waals surface area contributed by atoms with Gasteiger partial charge in [-0.1, -0.05) is 51.1 Å². The number of benzene rings is 3. The van der Waals surface area contributed by atoms with Crippen LogP contribution in [-0.2, 0) is 29.7 Å². The van der Waals surface area contributed by atoms with Crippen molar-refractivity contribution < 1.29 is 19.1 Å². The number of fused-ring (bicyclic) bond motifs is 2. The monoisotopic (exact) mass is 620 g/mol. The maximum atomic E-state index is 13.2. The molecule has 0 saturated carbocycles. The fourth-order valence-electron chi connectivity index (χ4n) is 5.72. The van der Waals surface area contributed by atoms with Gasteiger partial charge >= 0.3 is 12.1 Å². The number of carbonyl (C=O) groups is 3. The number of amides is 4. The Kier molecular flexibility index (Phi) is 7.83. The predicted molar refractivity (Wildman–Crippen MR) is 178 cm³/mol. The molecule has 6 rings (SSSR count). The Morgan fingerprint density at radius 1 is 0.891 bits per heavy atom. The minimum atomic E-state index is -0.548. The molecule has 4 aromatic rings. The van der Waals surface area contributed by atoms with Crippen LogP contribution in [0.1, 0.15) is 74.3 Å². The lowest BCUT2D eigenvalue weighted by atomic mass is 9.92. The summed E-state index contributed by atoms with van der Waals surface area (Å²) in [5.41, 5.74) is 7.33. The largest absolute Gasteiger partial charge is 0.444 e. The predicted octanol–water partition coefficient (Wildman–Crippen LogP) is 7.02. The first-order valence-electron chi connectivity index (χ1n) is 15.5. The molecule has 3 aromatic carbocycles. The summed E-state index contributed by atoms with van der Waals surface area (Å²) in [6.45, 7) is 13.4. The van der Waals surface area contributed by atoms with Crippen molar-refractivity contribution >= 4 is 29.5 Å². The van der Waals surface area contributed by atoms with E-state index in [4.69, 9.17) is 9.84 Å². The number of anilines is 2. The molecule has 0 spiro atoms. The maximum absolute atomic E-state index is 13.2. The molecule has 0 saturated heterocycles. The lowest BCUT2D eigenvalue weighted by Gasteiger charge is -2.31.